The summed E-state index contributed by atoms with van der Waals surface area (Å²) < 4.78 is 13.2. The van der Waals surface area contributed by atoms with Gasteiger partial charge in [-0.1, -0.05) is 45.0 Å². The Hall–Kier alpha value is -4.41. The first-order valence-electron chi connectivity index (χ1n) is 13.7. The number of nitrogens with one attached hydrogen (secondary N) is 2. The Morgan fingerprint density at radius 2 is 1.68 bits per heavy atom. The van der Waals surface area contributed by atoms with E-state index >= 15 is 0 Å². The van der Waals surface area contributed by atoms with Gasteiger partial charge in [0, 0.05) is 41.9 Å². The molecule has 1 aliphatic rings. The van der Waals surface area contributed by atoms with Crippen molar-refractivity contribution in [2.75, 3.05) is 50.1 Å². The van der Waals surface area contributed by atoms with Crippen molar-refractivity contribution in [3.8, 4) is 11.4 Å². The van der Waals surface area contributed by atoms with Crippen molar-refractivity contribution >= 4 is 34.3 Å². The van der Waals surface area contributed by atoms with Crippen LogP contribution in [-0.2, 0) is 10.2 Å². The Bertz CT molecular complexity index is 1540. The molecule has 4 aromatic rings. The molecule has 1 fully saturated rings. The Kier molecular flexibility index (Phi) is 8.23. The van der Waals surface area contributed by atoms with Gasteiger partial charge >= 0.3 is 12.0 Å². The van der Waals surface area contributed by atoms with Crippen molar-refractivity contribution in [2.24, 2.45) is 0 Å². The maximum Gasteiger partial charge on any atom is 0.335 e. The second kappa shape index (κ2) is 12.0. The number of aromatic carboxylic acids is 1. The number of carbonyl (C=O) groups is 2. The lowest BCUT2D eigenvalue weighted by atomic mass is 9.92. The summed E-state index contributed by atoms with van der Waals surface area (Å²) >= 11 is 0. The number of fused-ring (bicyclic) bond motifs is 1. The molecule has 0 bridgehead atoms. The second-order valence-electron chi connectivity index (χ2n) is 11.0. The number of anilines is 2. The van der Waals surface area contributed by atoms with Gasteiger partial charge in [0.1, 0.15) is 18.2 Å². The topological polar surface area (TPSA) is 118 Å². The third-order valence-electron chi connectivity index (χ3n) is 6.98. The average molecular weight is 558 g/mol. The molecule has 0 atom stereocenters. The standard InChI is InChI=1S/C31H35N5O5/c1-31(2,3)27-20-28(36(34-27)22-10-8-21(9-11-22)29(37)38)33-30(39)32-25-12-13-26(24-7-5-4-6-23(24)25)41-19-16-35-14-17-40-18-15-35/h4-13,20H,14-19H2,1-3H3,(H,37,38)(H2,32,33,39). The molecule has 214 valence electrons. The number of carboxylic acids is 1. The first-order valence-corrected chi connectivity index (χ1v) is 13.7. The van der Waals surface area contributed by atoms with Crippen molar-refractivity contribution in [3.05, 3.63) is 78.0 Å². The molecule has 0 saturated carbocycles. The lowest BCUT2D eigenvalue weighted by Crippen LogP contribution is -2.38. The third-order valence-corrected chi connectivity index (χ3v) is 6.98. The van der Waals surface area contributed by atoms with Crippen LogP contribution >= 0.6 is 0 Å². The number of morpholine rings is 1. The number of urea groups is 1. The fourth-order valence-electron chi connectivity index (χ4n) is 4.66. The van der Waals surface area contributed by atoms with Crippen LogP contribution < -0.4 is 15.4 Å². The van der Waals surface area contributed by atoms with Gasteiger partial charge in [-0.25, -0.2) is 14.3 Å². The zero-order chi connectivity index (χ0) is 29.0. The van der Waals surface area contributed by atoms with Crippen LogP contribution in [0.1, 0.15) is 36.8 Å². The molecule has 1 saturated heterocycles. The van der Waals surface area contributed by atoms with Gasteiger partial charge in [0.05, 0.1) is 35.8 Å². The number of carbonyl (C=O) groups excluding carboxylic acids is 1. The molecule has 0 unspecified atom stereocenters. The quantitative estimate of drug-likeness (QED) is 0.266. The average Bonchev–Trinajstić information content (AvgIpc) is 3.39. The van der Waals surface area contributed by atoms with E-state index in [1.165, 1.54) is 12.1 Å². The number of benzene rings is 3. The Morgan fingerprint density at radius 3 is 2.37 bits per heavy atom. The molecule has 3 aromatic carbocycles. The van der Waals surface area contributed by atoms with Crippen LogP contribution in [0.25, 0.3) is 16.5 Å². The molecule has 3 N–H and O–H groups in total. The minimum atomic E-state index is -1.01. The van der Waals surface area contributed by atoms with Crippen LogP contribution in [0, 0.1) is 0 Å². The number of hydrogen-bond donors (Lipinski definition) is 3. The molecule has 0 radical (unpaired) electrons. The van der Waals surface area contributed by atoms with Gasteiger partial charge in [-0.2, -0.15) is 5.10 Å². The van der Waals surface area contributed by atoms with Gasteiger partial charge in [0.25, 0.3) is 0 Å². The Balaban J connectivity index is 1.34. The molecular formula is C31H35N5O5. The summed E-state index contributed by atoms with van der Waals surface area (Å²) in [4.78, 5) is 26.9. The highest BCUT2D eigenvalue weighted by Crippen LogP contribution is 2.32. The number of amides is 2. The van der Waals surface area contributed by atoms with E-state index in [1.54, 1.807) is 16.8 Å². The van der Waals surface area contributed by atoms with Crippen LogP contribution in [0.4, 0.5) is 16.3 Å². The summed E-state index contributed by atoms with van der Waals surface area (Å²) in [7, 11) is 0. The largest absolute Gasteiger partial charge is 0.492 e. The first kappa shape index (κ1) is 28.1. The smallest absolute Gasteiger partial charge is 0.335 e. The molecule has 5 rings (SSSR count). The van der Waals surface area contributed by atoms with Crippen LogP contribution in [0.2, 0.25) is 0 Å². The normalized spacial score (nSPS) is 14.1. The maximum absolute atomic E-state index is 13.3. The minimum Gasteiger partial charge on any atom is -0.492 e. The zero-order valence-corrected chi connectivity index (χ0v) is 23.5. The molecular weight excluding hydrogens is 522 g/mol. The van der Waals surface area contributed by atoms with Gasteiger partial charge in [0.2, 0.25) is 0 Å². The molecule has 1 aromatic heterocycles. The van der Waals surface area contributed by atoms with Crippen LogP contribution in [0.3, 0.4) is 0 Å². The van der Waals surface area contributed by atoms with Gasteiger partial charge in [0.15, 0.2) is 0 Å². The molecule has 2 amide bonds. The lowest BCUT2D eigenvalue weighted by Gasteiger charge is -2.26. The first-order chi connectivity index (χ1) is 19.7. The van der Waals surface area contributed by atoms with E-state index in [0.717, 1.165) is 55.1 Å². The van der Waals surface area contributed by atoms with E-state index in [9.17, 15) is 14.7 Å². The number of carboxylic acid groups (broad SMARTS) is 1. The minimum absolute atomic E-state index is 0.171. The van der Waals surface area contributed by atoms with Crippen LogP contribution in [0.15, 0.2) is 66.7 Å². The van der Waals surface area contributed by atoms with Gasteiger partial charge in [-0.15, -0.1) is 0 Å². The van der Waals surface area contributed by atoms with Gasteiger partial charge in [-0.05, 0) is 36.4 Å². The maximum atomic E-state index is 13.3. The number of hydrogen-bond acceptors (Lipinski definition) is 6. The number of ether oxygens (including phenoxy) is 2. The van der Waals surface area contributed by atoms with E-state index in [-0.39, 0.29) is 11.0 Å². The number of aromatic nitrogens is 2. The predicted molar refractivity (Wildman–Crippen MR) is 159 cm³/mol. The van der Waals surface area contributed by atoms with E-state index < -0.39 is 12.0 Å². The monoisotopic (exact) mass is 557 g/mol. The van der Waals surface area contributed by atoms with Crippen molar-refractivity contribution in [2.45, 2.75) is 26.2 Å². The highest BCUT2D eigenvalue weighted by atomic mass is 16.5. The zero-order valence-electron chi connectivity index (χ0n) is 23.5. The lowest BCUT2D eigenvalue weighted by molar-refractivity contribution is 0.0323. The predicted octanol–water partition coefficient (Wildman–Crippen LogP) is 5.38. The summed E-state index contributed by atoms with van der Waals surface area (Å²) in [6.45, 7) is 10.8. The molecule has 10 heteroatoms. The van der Waals surface area contributed by atoms with Crippen LogP contribution in [0.5, 0.6) is 5.75 Å². The summed E-state index contributed by atoms with van der Waals surface area (Å²) in [6, 6.07) is 19.3. The number of nitrogens with zero attached hydrogens (tertiary/aromatic N) is 3. The van der Waals surface area contributed by atoms with Crippen molar-refractivity contribution in [3.63, 3.8) is 0 Å². The van der Waals surface area contributed by atoms with Crippen molar-refractivity contribution in [1.82, 2.24) is 14.7 Å². The summed E-state index contributed by atoms with van der Waals surface area (Å²) in [5.41, 5.74) is 1.95. The fourth-order valence-corrected chi connectivity index (χ4v) is 4.66. The summed E-state index contributed by atoms with van der Waals surface area (Å²) in [6.07, 6.45) is 0. The SMILES string of the molecule is CC(C)(C)c1cc(NC(=O)Nc2ccc(OCCN3CCOCC3)c3ccccc23)n(-c2ccc(C(=O)O)cc2)n1. The summed E-state index contributed by atoms with van der Waals surface area (Å²) in [5.74, 6) is 0.214. The fraction of sp³-hybridized carbons (Fsp3) is 0.323. The van der Waals surface area contributed by atoms with Crippen molar-refractivity contribution in [1.29, 1.82) is 0 Å². The van der Waals surface area contributed by atoms with E-state index in [1.807, 2.05) is 63.2 Å². The molecule has 1 aliphatic heterocycles. The highest BCUT2D eigenvalue weighted by molar-refractivity contribution is 6.07. The number of rotatable bonds is 8. The van der Waals surface area contributed by atoms with Gasteiger partial charge in [-0.3, -0.25) is 10.2 Å². The molecule has 0 aliphatic carbocycles. The molecule has 10 nitrogen and oxygen atoms in total. The molecule has 2 heterocycles. The van der Waals surface area contributed by atoms with Crippen molar-refractivity contribution < 1.29 is 24.2 Å². The molecule has 0 spiro atoms. The van der Waals surface area contributed by atoms with E-state index in [4.69, 9.17) is 14.6 Å². The second-order valence-corrected chi connectivity index (χ2v) is 11.0. The highest BCUT2D eigenvalue weighted by Gasteiger charge is 2.22. The Morgan fingerprint density at radius 1 is 0.976 bits per heavy atom. The molecule has 41 heavy (non-hydrogen) atoms. The van der Waals surface area contributed by atoms with Gasteiger partial charge < -0.3 is 19.9 Å². The van der Waals surface area contributed by atoms with Crippen LogP contribution in [-0.4, -0.2) is 71.2 Å². The third kappa shape index (κ3) is 6.67. The van der Waals surface area contributed by atoms with E-state index in [0.29, 0.717) is 23.8 Å². The Labute approximate surface area is 238 Å². The summed E-state index contributed by atoms with van der Waals surface area (Å²) in [5, 5.41) is 21.6. The van der Waals surface area contributed by atoms with E-state index in [2.05, 4.69) is 15.5 Å².